The minimum Gasteiger partial charge on any atom is -0.497 e. The van der Waals surface area contributed by atoms with E-state index in [2.05, 4.69) is 38.0 Å². The SMILES string of the molecule is CCNC(=O)C(C)(C)CNC(=NC)NC1CCCN(c2cccc(OC)c2)C1. The number of nitrogens with zero attached hydrogens (tertiary/aromatic N) is 2. The highest BCUT2D eigenvalue weighted by atomic mass is 16.5. The summed E-state index contributed by atoms with van der Waals surface area (Å²) >= 11 is 0. The summed E-state index contributed by atoms with van der Waals surface area (Å²) in [5.74, 6) is 1.65. The number of hydrogen-bond acceptors (Lipinski definition) is 4. The van der Waals surface area contributed by atoms with E-state index in [4.69, 9.17) is 4.74 Å². The molecule has 1 fully saturated rings. The van der Waals surface area contributed by atoms with Crippen molar-refractivity contribution in [3.63, 3.8) is 0 Å². The van der Waals surface area contributed by atoms with Crippen LogP contribution in [0, 0.1) is 5.41 Å². The number of rotatable bonds is 7. The molecule has 0 aromatic heterocycles. The zero-order valence-corrected chi connectivity index (χ0v) is 17.8. The summed E-state index contributed by atoms with van der Waals surface area (Å²) in [5.41, 5.74) is 0.665. The third-order valence-corrected chi connectivity index (χ3v) is 5.05. The smallest absolute Gasteiger partial charge is 0.227 e. The summed E-state index contributed by atoms with van der Waals surface area (Å²) in [5, 5.41) is 9.71. The molecule has 3 N–H and O–H groups in total. The lowest BCUT2D eigenvalue weighted by molar-refractivity contribution is -0.128. The lowest BCUT2D eigenvalue weighted by Gasteiger charge is -2.36. The molecular weight excluding hydrogens is 354 g/mol. The number of aliphatic imine (C=N–C) groups is 1. The maximum absolute atomic E-state index is 12.2. The highest BCUT2D eigenvalue weighted by Crippen LogP contribution is 2.24. The number of nitrogens with one attached hydrogen (secondary N) is 3. The van der Waals surface area contributed by atoms with Gasteiger partial charge in [0.2, 0.25) is 5.91 Å². The molecule has 7 nitrogen and oxygen atoms in total. The first-order valence-corrected chi connectivity index (χ1v) is 10.0. The zero-order chi connectivity index (χ0) is 20.6. The number of ether oxygens (including phenoxy) is 1. The van der Waals surface area contributed by atoms with E-state index in [1.165, 1.54) is 5.69 Å². The molecule has 1 aromatic rings. The van der Waals surface area contributed by atoms with Gasteiger partial charge in [-0.2, -0.15) is 0 Å². The second-order valence-electron chi connectivity index (χ2n) is 7.80. The Labute approximate surface area is 168 Å². The van der Waals surface area contributed by atoms with Gasteiger partial charge in [-0.25, -0.2) is 0 Å². The maximum Gasteiger partial charge on any atom is 0.227 e. The predicted molar refractivity (Wildman–Crippen MR) is 115 cm³/mol. The molecule has 1 unspecified atom stereocenters. The van der Waals surface area contributed by atoms with Crippen LogP contribution in [0.5, 0.6) is 5.75 Å². The number of hydrogen-bond donors (Lipinski definition) is 3. The molecule has 1 saturated heterocycles. The monoisotopic (exact) mass is 389 g/mol. The van der Waals surface area contributed by atoms with Crippen molar-refractivity contribution in [2.75, 3.05) is 45.2 Å². The largest absolute Gasteiger partial charge is 0.497 e. The Kier molecular flexibility index (Phi) is 7.96. The third-order valence-electron chi connectivity index (χ3n) is 5.05. The Bertz CT molecular complexity index is 675. The first-order chi connectivity index (χ1) is 13.4. The molecule has 0 aliphatic carbocycles. The van der Waals surface area contributed by atoms with Crippen molar-refractivity contribution >= 4 is 17.6 Å². The average molecular weight is 390 g/mol. The zero-order valence-electron chi connectivity index (χ0n) is 17.8. The van der Waals surface area contributed by atoms with E-state index in [-0.39, 0.29) is 5.91 Å². The van der Waals surface area contributed by atoms with Crippen LogP contribution in [0.1, 0.15) is 33.6 Å². The Morgan fingerprint density at radius 3 is 2.82 bits per heavy atom. The molecule has 1 amide bonds. The lowest BCUT2D eigenvalue weighted by Crippen LogP contribution is -2.53. The molecule has 0 bridgehead atoms. The molecule has 0 spiro atoms. The van der Waals surface area contributed by atoms with Gasteiger partial charge in [0.1, 0.15) is 5.75 Å². The molecule has 1 aliphatic rings. The second-order valence-corrected chi connectivity index (χ2v) is 7.80. The van der Waals surface area contributed by atoms with Gasteiger partial charge in [0.05, 0.1) is 12.5 Å². The number of amides is 1. The molecule has 0 saturated carbocycles. The average Bonchev–Trinajstić information content (AvgIpc) is 2.71. The number of guanidine groups is 1. The van der Waals surface area contributed by atoms with E-state index in [1.54, 1.807) is 14.2 Å². The Balaban J connectivity index is 1.92. The summed E-state index contributed by atoms with van der Waals surface area (Å²) in [6.07, 6.45) is 2.19. The number of anilines is 1. The van der Waals surface area contributed by atoms with Crippen molar-refractivity contribution in [2.24, 2.45) is 10.4 Å². The summed E-state index contributed by atoms with van der Waals surface area (Å²) in [7, 11) is 3.45. The van der Waals surface area contributed by atoms with Crippen LogP contribution in [0.4, 0.5) is 5.69 Å². The quantitative estimate of drug-likeness (QED) is 0.491. The van der Waals surface area contributed by atoms with Gasteiger partial charge in [-0.15, -0.1) is 0 Å². The lowest BCUT2D eigenvalue weighted by atomic mass is 9.92. The van der Waals surface area contributed by atoms with Crippen molar-refractivity contribution in [1.29, 1.82) is 0 Å². The van der Waals surface area contributed by atoms with Gasteiger partial charge in [0.15, 0.2) is 5.96 Å². The third kappa shape index (κ3) is 6.04. The van der Waals surface area contributed by atoms with Crippen LogP contribution in [-0.4, -0.2) is 58.2 Å². The van der Waals surface area contributed by atoms with E-state index < -0.39 is 5.41 Å². The van der Waals surface area contributed by atoms with Crippen LogP contribution in [0.2, 0.25) is 0 Å². The minimum absolute atomic E-state index is 0.0415. The van der Waals surface area contributed by atoms with Crippen LogP contribution in [0.25, 0.3) is 0 Å². The fourth-order valence-electron chi connectivity index (χ4n) is 3.31. The van der Waals surface area contributed by atoms with Crippen LogP contribution >= 0.6 is 0 Å². The topological polar surface area (TPSA) is 78.0 Å². The van der Waals surface area contributed by atoms with E-state index in [1.807, 2.05) is 32.9 Å². The standard InChI is InChI=1S/C21H35N5O2/c1-6-23-19(27)21(2,3)15-24-20(22-4)25-16-9-8-12-26(14-16)17-10-7-11-18(13-17)28-5/h7,10-11,13,16H,6,8-9,12,14-15H2,1-5H3,(H,23,27)(H2,22,24,25). The van der Waals surface area contributed by atoms with E-state index >= 15 is 0 Å². The Hall–Kier alpha value is -2.44. The van der Waals surface area contributed by atoms with Gasteiger partial charge in [-0.1, -0.05) is 6.07 Å². The van der Waals surface area contributed by atoms with Crippen molar-refractivity contribution < 1.29 is 9.53 Å². The maximum atomic E-state index is 12.2. The normalized spacial score (nSPS) is 17.8. The summed E-state index contributed by atoms with van der Waals surface area (Å²) in [6, 6.07) is 8.47. The number of methoxy groups -OCH3 is 1. The Morgan fingerprint density at radius 1 is 1.36 bits per heavy atom. The van der Waals surface area contributed by atoms with Gasteiger partial charge in [-0.05, 0) is 45.7 Å². The molecule has 7 heteroatoms. The molecule has 2 rings (SSSR count). The fraction of sp³-hybridized carbons (Fsp3) is 0.619. The first kappa shape index (κ1) is 21.9. The molecule has 156 valence electrons. The van der Waals surface area contributed by atoms with Gasteiger partial charge in [0.25, 0.3) is 0 Å². The van der Waals surface area contributed by atoms with Crippen LogP contribution in [0.3, 0.4) is 0 Å². The van der Waals surface area contributed by atoms with Gasteiger partial charge >= 0.3 is 0 Å². The number of carbonyl (C=O) groups is 1. The van der Waals surface area contributed by atoms with E-state index in [0.717, 1.165) is 37.6 Å². The summed E-state index contributed by atoms with van der Waals surface area (Å²) in [6.45, 7) is 8.88. The molecule has 1 heterocycles. The summed E-state index contributed by atoms with van der Waals surface area (Å²) < 4.78 is 5.35. The number of benzene rings is 1. The first-order valence-electron chi connectivity index (χ1n) is 10.0. The molecule has 1 aromatic carbocycles. The second kappa shape index (κ2) is 10.2. The van der Waals surface area contributed by atoms with Crippen LogP contribution < -0.4 is 25.6 Å². The fourth-order valence-corrected chi connectivity index (χ4v) is 3.31. The highest BCUT2D eigenvalue weighted by Gasteiger charge is 2.28. The number of piperidine rings is 1. The number of carbonyl (C=O) groups excluding carboxylic acids is 1. The Morgan fingerprint density at radius 2 is 2.14 bits per heavy atom. The molecule has 1 aliphatic heterocycles. The highest BCUT2D eigenvalue weighted by molar-refractivity contribution is 5.84. The van der Waals surface area contributed by atoms with E-state index in [0.29, 0.717) is 19.1 Å². The molecular formula is C21H35N5O2. The van der Waals surface area contributed by atoms with Crippen molar-refractivity contribution in [3.05, 3.63) is 24.3 Å². The predicted octanol–water partition coefficient (Wildman–Crippen LogP) is 1.99. The van der Waals surface area contributed by atoms with Crippen molar-refractivity contribution in [1.82, 2.24) is 16.0 Å². The summed E-state index contributed by atoms with van der Waals surface area (Å²) in [4.78, 5) is 18.9. The van der Waals surface area contributed by atoms with Crippen LogP contribution in [0.15, 0.2) is 29.3 Å². The molecule has 0 radical (unpaired) electrons. The molecule has 28 heavy (non-hydrogen) atoms. The van der Waals surface area contributed by atoms with Gasteiger partial charge in [-0.3, -0.25) is 9.79 Å². The van der Waals surface area contributed by atoms with Gasteiger partial charge < -0.3 is 25.6 Å². The minimum atomic E-state index is -0.507. The molecule has 1 atom stereocenters. The van der Waals surface area contributed by atoms with Crippen molar-refractivity contribution in [3.8, 4) is 5.75 Å². The van der Waals surface area contributed by atoms with Crippen molar-refractivity contribution in [2.45, 2.75) is 39.7 Å². The van der Waals surface area contributed by atoms with E-state index in [9.17, 15) is 4.79 Å². The van der Waals surface area contributed by atoms with Crippen LogP contribution in [-0.2, 0) is 4.79 Å². The van der Waals surface area contributed by atoms with Gasteiger partial charge in [0, 0.05) is 51.0 Å².